The number of rotatable bonds is 6. The molecule has 0 saturated carbocycles. The fourth-order valence-electron chi connectivity index (χ4n) is 3.97. The van der Waals surface area contributed by atoms with Gasteiger partial charge in [0.25, 0.3) is 5.91 Å². The zero-order valence-electron chi connectivity index (χ0n) is 17.3. The van der Waals surface area contributed by atoms with Crippen molar-refractivity contribution in [2.45, 2.75) is 61.7 Å². The van der Waals surface area contributed by atoms with Gasteiger partial charge in [-0.3, -0.25) is 9.79 Å². The molecule has 4 rings (SSSR count). The molecule has 0 aromatic heterocycles. The molecule has 5 heteroatoms. The van der Waals surface area contributed by atoms with Gasteiger partial charge < -0.3 is 5.32 Å². The minimum atomic E-state index is -0.0312. The highest BCUT2D eigenvalue weighted by molar-refractivity contribution is 7.99. The molecule has 1 N–H and O–H groups in total. The van der Waals surface area contributed by atoms with Crippen molar-refractivity contribution >= 4 is 40.7 Å². The van der Waals surface area contributed by atoms with Crippen LogP contribution in [0.5, 0.6) is 0 Å². The fraction of sp³-hybridized carbons (Fsp3) is 0.360. The van der Waals surface area contributed by atoms with Gasteiger partial charge in [0, 0.05) is 38.2 Å². The van der Waals surface area contributed by atoms with Crippen LogP contribution in [0.1, 0.15) is 67.8 Å². The summed E-state index contributed by atoms with van der Waals surface area (Å²) >= 11 is 7.94. The first-order valence-corrected chi connectivity index (χ1v) is 12.0. The second-order valence-corrected chi connectivity index (χ2v) is 9.37. The Balaban J connectivity index is 1.53. The van der Waals surface area contributed by atoms with Crippen LogP contribution in [0.3, 0.4) is 0 Å². The highest BCUT2D eigenvalue weighted by Gasteiger charge is 2.19. The summed E-state index contributed by atoms with van der Waals surface area (Å²) < 4.78 is 0. The molecular formula is C25H27ClN2OS. The van der Waals surface area contributed by atoms with Gasteiger partial charge in [-0.25, -0.2) is 0 Å². The lowest BCUT2D eigenvalue weighted by molar-refractivity contribution is 0.0954. The lowest BCUT2D eigenvalue weighted by Gasteiger charge is -2.13. The van der Waals surface area contributed by atoms with E-state index in [9.17, 15) is 4.79 Å². The number of benzene rings is 2. The average molecular weight is 439 g/mol. The maximum absolute atomic E-state index is 12.7. The van der Waals surface area contributed by atoms with Crippen LogP contribution < -0.4 is 5.32 Å². The number of allylic oxidation sites excluding steroid dienone is 1. The van der Waals surface area contributed by atoms with Gasteiger partial charge in [-0.1, -0.05) is 48.4 Å². The number of carbonyl (C=O) groups excluding carboxylic acids is 1. The molecule has 0 unspecified atom stereocenters. The number of halogens is 1. The maximum Gasteiger partial charge on any atom is 0.251 e. The Morgan fingerprint density at radius 2 is 2.00 bits per heavy atom. The van der Waals surface area contributed by atoms with Crippen LogP contribution in [-0.2, 0) is 0 Å². The minimum absolute atomic E-state index is 0.0312. The smallest absolute Gasteiger partial charge is 0.251 e. The van der Waals surface area contributed by atoms with Gasteiger partial charge in [-0.2, -0.15) is 0 Å². The Hall–Kier alpha value is -2.04. The van der Waals surface area contributed by atoms with Gasteiger partial charge in [0.1, 0.15) is 0 Å². The number of aliphatic imine (C=N–C) groups is 1. The molecule has 2 aliphatic rings. The van der Waals surface area contributed by atoms with E-state index in [1.165, 1.54) is 31.3 Å². The molecule has 30 heavy (non-hydrogen) atoms. The van der Waals surface area contributed by atoms with Gasteiger partial charge in [-0.05, 0) is 74.9 Å². The fourth-order valence-corrected chi connectivity index (χ4v) is 5.15. The van der Waals surface area contributed by atoms with Gasteiger partial charge in [0.15, 0.2) is 0 Å². The van der Waals surface area contributed by atoms with Crippen molar-refractivity contribution in [2.75, 3.05) is 6.54 Å². The van der Waals surface area contributed by atoms with Crippen LogP contribution in [0.4, 0.5) is 5.69 Å². The van der Waals surface area contributed by atoms with Gasteiger partial charge in [0.2, 0.25) is 0 Å². The van der Waals surface area contributed by atoms with Crippen LogP contribution >= 0.6 is 23.4 Å². The molecule has 156 valence electrons. The largest absolute Gasteiger partial charge is 0.352 e. The first-order chi connectivity index (χ1) is 14.6. The van der Waals surface area contributed by atoms with Gasteiger partial charge >= 0.3 is 0 Å². The van der Waals surface area contributed by atoms with E-state index in [2.05, 4.69) is 24.4 Å². The Morgan fingerprint density at radius 3 is 2.80 bits per heavy atom. The Kier molecular flexibility index (Phi) is 6.96. The van der Waals surface area contributed by atoms with Crippen LogP contribution in [-0.4, -0.2) is 18.2 Å². The van der Waals surface area contributed by atoms with E-state index in [4.69, 9.17) is 16.6 Å². The van der Waals surface area contributed by atoms with E-state index >= 15 is 0 Å². The second-order valence-electron chi connectivity index (χ2n) is 7.85. The average Bonchev–Trinajstić information content (AvgIpc) is 2.90. The summed E-state index contributed by atoms with van der Waals surface area (Å²) in [6.45, 7) is 2.84. The highest BCUT2D eigenvalue weighted by Crippen LogP contribution is 2.42. The Labute approximate surface area is 188 Å². The van der Waals surface area contributed by atoms with E-state index in [1.54, 1.807) is 11.8 Å². The molecule has 0 atom stereocenters. The van der Waals surface area contributed by atoms with E-state index in [-0.39, 0.29) is 5.91 Å². The van der Waals surface area contributed by atoms with Crippen molar-refractivity contribution in [3.05, 3.63) is 64.2 Å². The van der Waals surface area contributed by atoms with E-state index in [0.717, 1.165) is 51.0 Å². The Bertz CT molecular complexity index is 1010. The number of hydrogen-bond acceptors (Lipinski definition) is 3. The van der Waals surface area contributed by atoms with Crippen LogP contribution in [0, 0.1) is 0 Å². The maximum atomic E-state index is 12.7. The van der Waals surface area contributed by atoms with Crippen LogP contribution in [0.25, 0.3) is 0 Å². The minimum Gasteiger partial charge on any atom is -0.352 e. The predicted octanol–water partition coefficient (Wildman–Crippen LogP) is 7.35. The van der Waals surface area contributed by atoms with Crippen molar-refractivity contribution in [1.29, 1.82) is 0 Å². The number of nitrogens with zero attached hydrogens (tertiary/aromatic N) is 1. The quantitative estimate of drug-likeness (QED) is 0.479. The van der Waals surface area contributed by atoms with Crippen molar-refractivity contribution < 1.29 is 4.79 Å². The number of carbonyl (C=O) groups is 1. The molecule has 1 heterocycles. The standard InChI is InChI=1S/C25H27ClN2OS/c1-2-6-21-20-16-19(26)10-12-23(20)30-24-11-9-18(15-22(24)28-21)25(29)27-14-13-17-7-4-3-5-8-17/h7,9-12,15-16H,2-6,8,13-14H2,1H3,(H,27,29). The molecule has 1 amide bonds. The third kappa shape index (κ3) is 4.98. The zero-order chi connectivity index (χ0) is 20.9. The third-order valence-electron chi connectivity index (χ3n) is 5.55. The molecule has 0 fully saturated rings. The van der Waals surface area contributed by atoms with Crippen molar-refractivity contribution in [2.24, 2.45) is 4.99 Å². The molecule has 2 aromatic carbocycles. The number of fused-ring (bicyclic) bond motifs is 2. The normalized spacial score (nSPS) is 15.4. The van der Waals surface area contributed by atoms with Crippen LogP contribution in [0.2, 0.25) is 5.02 Å². The molecule has 2 aromatic rings. The van der Waals surface area contributed by atoms with E-state index in [0.29, 0.717) is 12.1 Å². The third-order valence-corrected chi connectivity index (χ3v) is 6.93. The number of hydrogen-bond donors (Lipinski definition) is 1. The van der Waals surface area contributed by atoms with Gasteiger partial charge in [0.05, 0.1) is 5.69 Å². The molecular weight excluding hydrogens is 412 g/mol. The first-order valence-electron chi connectivity index (χ1n) is 10.8. The topological polar surface area (TPSA) is 41.5 Å². The molecule has 1 aliphatic heterocycles. The number of amides is 1. The second kappa shape index (κ2) is 9.84. The molecule has 1 aliphatic carbocycles. The predicted molar refractivity (Wildman–Crippen MR) is 127 cm³/mol. The van der Waals surface area contributed by atoms with Crippen molar-refractivity contribution in [1.82, 2.24) is 5.32 Å². The summed E-state index contributed by atoms with van der Waals surface area (Å²) in [5, 5.41) is 3.80. The lowest BCUT2D eigenvalue weighted by Crippen LogP contribution is -2.24. The summed E-state index contributed by atoms with van der Waals surface area (Å²) in [5.41, 5.74) is 5.12. The lowest BCUT2D eigenvalue weighted by atomic mass is 9.97. The summed E-state index contributed by atoms with van der Waals surface area (Å²) in [6.07, 6.45) is 10.1. The van der Waals surface area contributed by atoms with Crippen LogP contribution in [0.15, 0.2) is 62.8 Å². The Morgan fingerprint density at radius 1 is 1.13 bits per heavy atom. The molecule has 3 nitrogen and oxygen atoms in total. The van der Waals surface area contributed by atoms with E-state index < -0.39 is 0 Å². The molecule has 0 radical (unpaired) electrons. The summed E-state index contributed by atoms with van der Waals surface area (Å²) in [6, 6.07) is 11.8. The van der Waals surface area contributed by atoms with Crippen molar-refractivity contribution in [3.63, 3.8) is 0 Å². The molecule has 0 saturated heterocycles. The molecule has 0 bridgehead atoms. The molecule has 0 spiro atoms. The summed E-state index contributed by atoms with van der Waals surface area (Å²) in [7, 11) is 0. The summed E-state index contributed by atoms with van der Waals surface area (Å²) in [4.78, 5) is 19.9. The SMILES string of the molecule is CCCC1=Nc2cc(C(=O)NCCC3=CCCCC3)ccc2Sc2ccc(Cl)cc21. The summed E-state index contributed by atoms with van der Waals surface area (Å²) in [5.74, 6) is -0.0312. The first kappa shape index (κ1) is 21.2. The van der Waals surface area contributed by atoms with Gasteiger partial charge in [-0.15, -0.1) is 0 Å². The van der Waals surface area contributed by atoms with Crippen molar-refractivity contribution in [3.8, 4) is 0 Å². The highest BCUT2D eigenvalue weighted by atomic mass is 35.5. The monoisotopic (exact) mass is 438 g/mol. The zero-order valence-corrected chi connectivity index (χ0v) is 18.9. The van der Waals surface area contributed by atoms with E-state index in [1.807, 2.05) is 30.3 Å². The number of nitrogens with one attached hydrogen (secondary N) is 1.